The zero-order valence-electron chi connectivity index (χ0n) is 35.1. The number of carbonyl (C=O) groups excluding carboxylic acids is 3. The molecule has 3 amide bonds. The predicted octanol–water partition coefficient (Wildman–Crippen LogP) is 3.98. The van der Waals surface area contributed by atoms with Crippen LogP contribution in [0.1, 0.15) is 97.1 Å². The molecule has 9 rings (SSSR count). The van der Waals surface area contributed by atoms with Crippen LogP contribution in [0.2, 0.25) is 0 Å². The number of ether oxygens (including phenoxy) is 2. The van der Waals surface area contributed by atoms with Crippen molar-refractivity contribution in [3.63, 3.8) is 0 Å². The van der Waals surface area contributed by atoms with Gasteiger partial charge in [0, 0.05) is 64.0 Å². The first-order chi connectivity index (χ1) is 30.6. The van der Waals surface area contributed by atoms with Crippen LogP contribution in [0.15, 0.2) is 42.9 Å². The fourth-order valence-electron chi connectivity index (χ4n) is 9.46. The number of fused-ring (bicyclic) bond motifs is 2. The number of para-hydroxylation sites is 1. The minimum Gasteiger partial charge on any atom is -0.394 e. The van der Waals surface area contributed by atoms with E-state index in [0.717, 1.165) is 74.6 Å². The van der Waals surface area contributed by atoms with Crippen LogP contribution in [0, 0.1) is 17.8 Å². The summed E-state index contributed by atoms with van der Waals surface area (Å²) in [7, 11) is 1.84. The number of morpholine rings is 1. The SMILES string of the molecule is Cn1nc(C2CCC(=O)NC2=O)c2cccc(C#CCOC3CCN(CC4CCC(n5cc(NC(=O)c6cnn7ccc(N8CCOC(CO)C8)nc67)c(C(F)F)n5)CC4)CC3)c21. The summed E-state index contributed by atoms with van der Waals surface area (Å²) in [6.07, 6.45) is 7.49. The van der Waals surface area contributed by atoms with Crippen molar-refractivity contribution in [2.75, 3.05) is 62.8 Å². The van der Waals surface area contributed by atoms with Gasteiger partial charge in [-0.2, -0.15) is 15.3 Å². The van der Waals surface area contributed by atoms with Gasteiger partial charge in [-0.25, -0.2) is 18.3 Å². The molecule has 3 aliphatic heterocycles. The van der Waals surface area contributed by atoms with E-state index in [9.17, 15) is 28.3 Å². The van der Waals surface area contributed by atoms with Crippen molar-refractivity contribution in [1.29, 1.82) is 0 Å². The highest BCUT2D eigenvalue weighted by Crippen LogP contribution is 2.36. The van der Waals surface area contributed by atoms with Gasteiger partial charge in [-0.05, 0) is 63.0 Å². The maximum Gasteiger partial charge on any atom is 0.284 e. The van der Waals surface area contributed by atoms with Gasteiger partial charge in [0.05, 0.1) is 66.0 Å². The fourth-order valence-corrected chi connectivity index (χ4v) is 9.46. The Balaban J connectivity index is 0.744. The van der Waals surface area contributed by atoms with Gasteiger partial charge < -0.3 is 29.7 Å². The number of halogens is 2. The van der Waals surface area contributed by atoms with Crippen LogP contribution in [0.5, 0.6) is 0 Å². The van der Waals surface area contributed by atoms with Crippen LogP contribution in [0.4, 0.5) is 20.3 Å². The first-order valence-electron chi connectivity index (χ1n) is 21.7. The van der Waals surface area contributed by atoms with E-state index >= 15 is 0 Å². The van der Waals surface area contributed by atoms with Crippen LogP contribution in [0.25, 0.3) is 16.6 Å². The van der Waals surface area contributed by atoms with E-state index in [2.05, 4.69) is 47.7 Å². The minimum atomic E-state index is -2.88. The second-order valence-corrected chi connectivity index (χ2v) is 16.9. The van der Waals surface area contributed by atoms with Crippen molar-refractivity contribution in [1.82, 2.24) is 44.4 Å². The molecule has 1 aliphatic carbocycles. The van der Waals surface area contributed by atoms with E-state index in [4.69, 9.17) is 9.47 Å². The lowest BCUT2D eigenvalue weighted by molar-refractivity contribution is -0.134. The molecule has 2 atom stereocenters. The van der Waals surface area contributed by atoms with Gasteiger partial charge in [-0.3, -0.25) is 29.1 Å². The Bertz CT molecular complexity index is 2550. The third-order valence-electron chi connectivity index (χ3n) is 12.8. The lowest BCUT2D eigenvalue weighted by atomic mass is 9.85. The van der Waals surface area contributed by atoms with Crippen LogP contribution in [-0.2, 0) is 26.1 Å². The van der Waals surface area contributed by atoms with Crippen molar-refractivity contribution >= 4 is 45.8 Å². The fraction of sp³-hybridized carbons (Fsp3) is 0.523. The van der Waals surface area contributed by atoms with E-state index < -0.39 is 23.9 Å². The molecular formula is C44H51F2N11O6. The minimum absolute atomic E-state index is 0.0333. The third kappa shape index (κ3) is 9.16. The number of nitrogens with one attached hydrogen (secondary N) is 2. The number of benzene rings is 1. The number of aliphatic hydroxyl groups is 1. The van der Waals surface area contributed by atoms with Crippen molar-refractivity contribution in [2.24, 2.45) is 13.0 Å². The lowest BCUT2D eigenvalue weighted by Crippen LogP contribution is -2.44. The molecule has 332 valence electrons. The number of alkyl halides is 2. The molecule has 0 spiro atoms. The Labute approximate surface area is 362 Å². The number of aliphatic hydroxyl groups excluding tert-OH is 1. The number of aryl methyl sites for hydroxylation is 1. The lowest BCUT2D eigenvalue weighted by Gasteiger charge is -2.36. The number of amides is 3. The topological polar surface area (TPSA) is 186 Å². The van der Waals surface area contributed by atoms with Gasteiger partial charge in [0.25, 0.3) is 12.3 Å². The van der Waals surface area contributed by atoms with Gasteiger partial charge in [0.15, 0.2) is 11.3 Å². The summed E-state index contributed by atoms with van der Waals surface area (Å²) in [5.74, 6) is 5.84. The van der Waals surface area contributed by atoms with E-state index in [0.29, 0.717) is 50.2 Å². The average molecular weight is 868 g/mol. The Morgan fingerprint density at radius 1 is 1.08 bits per heavy atom. The molecule has 4 aliphatic rings. The summed E-state index contributed by atoms with van der Waals surface area (Å²) in [4.78, 5) is 46.9. The smallest absolute Gasteiger partial charge is 0.284 e. The van der Waals surface area contributed by atoms with E-state index in [-0.39, 0.29) is 60.0 Å². The standard InChI is InChI=1S/C44H51F2N11O6/c1-53-40-28(4-2-6-32(40)38(51-53)33-11-12-37(59)50-43(33)60)5-3-20-62-30-13-16-54(17-14-30)23-27-7-9-29(10-8-27)57-25-35(39(52-57)41(45)46)48-44(61)34-22-47-56-18-15-36(49-42(34)56)55-19-21-63-31(24-55)26-58/h2,4,6,15,18,22,25,27,29-31,33,41,58H,7-14,16-17,19-21,23-24,26H2,1H3,(H,48,61)(H,50,59,60). The number of anilines is 2. The molecule has 0 bridgehead atoms. The Hall–Kier alpha value is -5.81. The van der Waals surface area contributed by atoms with Crippen LogP contribution < -0.4 is 15.5 Å². The largest absolute Gasteiger partial charge is 0.394 e. The number of likely N-dealkylation sites (tertiary alicyclic amines) is 1. The molecule has 2 unspecified atom stereocenters. The molecular weight excluding hydrogens is 817 g/mol. The first-order valence-corrected chi connectivity index (χ1v) is 21.7. The van der Waals surface area contributed by atoms with E-state index in [1.165, 1.54) is 16.9 Å². The summed E-state index contributed by atoms with van der Waals surface area (Å²) in [6, 6.07) is 7.50. The zero-order valence-corrected chi connectivity index (χ0v) is 35.1. The molecule has 3 saturated heterocycles. The normalized spacial score (nSPS) is 22.7. The van der Waals surface area contributed by atoms with E-state index in [1.807, 2.05) is 30.1 Å². The average Bonchev–Trinajstić information content (AvgIpc) is 4.01. The highest BCUT2D eigenvalue weighted by molar-refractivity contribution is 6.08. The molecule has 1 aromatic carbocycles. The van der Waals surface area contributed by atoms with Crippen molar-refractivity contribution in [3.8, 4) is 11.8 Å². The number of hydrogen-bond acceptors (Lipinski definition) is 12. The van der Waals surface area contributed by atoms with Gasteiger partial charge in [-0.15, -0.1) is 0 Å². The molecule has 1 saturated carbocycles. The number of nitrogens with zero attached hydrogens (tertiary/aromatic N) is 9. The van der Waals surface area contributed by atoms with Crippen LogP contribution >= 0.6 is 0 Å². The zero-order chi connectivity index (χ0) is 43.6. The summed E-state index contributed by atoms with van der Waals surface area (Å²) in [5, 5.41) is 28.7. The molecule has 17 nitrogen and oxygen atoms in total. The Kier molecular flexibility index (Phi) is 12.5. The first kappa shape index (κ1) is 42.5. The molecule has 7 heterocycles. The van der Waals surface area contributed by atoms with Crippen molar-refractivity contribution in [2.45, 2.75) is 82.0 Å². The molecule has 0 radical (unpaired) electrons. The monoisotopic (exact) mass is 867 g/mol. The quantitative estimate of drug-likeness (QED) is 0.128. The van der Waals surface area contributed by atoms with Crippen LogP contribution in [0.3, 0.4) is 0 Å². The highest BCUT2D eigenvalue weighted by Gasteiger charge is 2.33. The van der Waals surface area contributed by atoms with Gasteiger partial charge >= 0.3 is 0 Å². The molecule has 4 fully saturated rings. The predicted molar refractivity (Wildman–Crippen MR) is 226 cm³/mol. The molecule has 19 heteroatoms. The number of imide groups is 1. The van der Waals surface area contributed by atoms with Gasteiger partial charge in [0.1, 0.15) is 18.0 Å². The van der Waals surface area contributed by atoms with Crippen LogP contribution in [-0.4, -0.2) is 127 Å². The number of hydrogen-bond donors (Lipinski definition) is 3. The molecule has 4 aromatic heterocycles. The summed E-state index contributed by atoms with van der Waals surface area (Å²) >= 11 is 0. The van der Waals surface area contributed by atoms with Gasteiger partial charge in [0.2, 0.25) is 11.8 Å². The Morgan fingerprint density at radius 3 is 2.68 bits per heavy atom. The van der Waals surface area contributed by atoms with Gasteiger partial charge in [-0.1, -0.05) is 24.0 Å². The maximum atomic E-state index is 14.3. The molecule has 3 N–H and O–H groups in total. The van der Waals surface area contributed by atoms with Crippen molar-refractivity contribution < 1.29 is 37.7 Å². The summed E-state index contributed by atoms with van der Waals surface area (Å²) < 4.78 is 45.1. The van der Waals surface area contributed by atoms with Crippen molar-refractivity contribution in [3.05, 3.63) is 65.4 Å². The van der Waals surface area contributed by atoms with E-state index in [1.54, 1.807) is 21.6 Å². The number of piperidine rings is 2. The Morgan fingerprint density at radius 2 is 1.90 bits per heavy atom. The molecule has 63 heavy (non-hydrogen) atoms. The third-order valence-corrected chi connectivity index (χ3v) is 12.8. The highest BCUT2D eigenvalue weighted by atomic mass is 19.3. The summed E-state index contributed by atoms with van der Waals surface area (Å²) in [5.41, 5.74) is 2.23. The summed E-state index contributed by atoms with van der Waals surface area (Å²) in [6.45, 7) is 4.44. The molecule has 5 aromatic rings. The number of rotatable bonds is 11. The number of aromatic nitrogens is 7. The maximum absolute atomic E-state index is 14.3. The number of carbonyl (C=O) groups is 3. The second kappa shape index (κ2) is 18.5. The second-order valence-electron chi connectivity index (χ2n) is 16.9.